The van der Waals surface area contributed by atoms with E-state index in [1.54, 1.807) is 48.6 Å². The van der Waals surface area contributed by atoms with E-state index in [9.17, 15) is 21.0 Å². The first-order valence-corrected chi connectivity index (χ1v) is 5.30. The maximum absolute atomic E-state index is 9.21. The molecule has 0 unspecified atom stereocenters. The molecule has 0 aromatic rings. The summed E-state index contributed by atoms with van der Waals surface area (Å²) in [5.74, 6) is 0. The third-order valence-corrected chi connectivity index (χ3v) is 2.84. The summed E-state index contributed by atoms with van der Waals surface area (Å²) in [6.07, 6.45) is 9.68. The lowest BCUT2D eigenvalue weighted by atomic mass is 9.88. The van der Waals surface area contributed by atoms with Gasteiger partial charge in [-0.3, -0.25) is 0 Å². The van der Waals surface area contributed by atoms with Crippen molar-refractivity contribution in [3.05, 3.63) is 47.6 Å². The second-order valence-electron chi connectivity index (χ2n) is 3.84. The van der Waals surface area contributed by atoms with E-state index in [4.69, 9.17) is 4.74 Å². The minimum Gasteiger partial charge on any atom is -0.305 e. The second-order valence-corrected chi connectivity index (χ2v) is 3.84. The van der Waals surface area contributed by atoms with Crippen molar-refractivity contribution in [2.24, 2.45) is 0 Å². The van der Waals surface area contributed by atoms with Crippen LogP contribution in [0.2, 0.25) is 0 Å². The molecular formula is C14H6N4O. The normalized spacial score (nSPS) is 21.3. The van der Waals surface area contributed by atoms with E-state index in [0.717, 1.165) is 0 Å². The maximum atomic E-state index is 9.21. The molecule has 1 aliphatic carbocycles. The van der Waals surface area contributed by atoms with Crippen molar-refractivity contribution in [3.8, 4) is 24.3 Å². The van der Waals surface area contributed by atoms with Gasteiger partial charge in [0.2, 0.25) is 0 Å². The highest BCUT2D eigenvalue weighted by Crippen LogP contribution is 2.43. The van der Waals surface area contributed by atoms with Gasteiger partial charge >= 0.3 is 0 Å². The van der Waals surface area contributed by atoms with Crippen LogP contribution in [0.25, 0.3) is 0 Å². The summed E-state index contributed by atoms with van der Waals surface area (Å²) in [6, 6.07) is 6.98. The topological polar surface area (TPSA) is 104 Å². The Kier molecular flexibility index (Phi) is 2.78. The zero-order valence-electron chi connectivity index (χ0n) is 9.66. The average Bonchev–Trinajstić information content (AvgIpc) is 2.68. The molecule has 0 radical (unpaired) electrons. The quantitative estimate of drug-likeness (QED) is 0.645. The molecule has 88 valence electrons. The molecule has 0 N–H and O–H groups in total. The Balaban J connectivity index is 2.80. The molecule has 0 bridgehead atoms. The maximum Gasteiger partial charge on any atom is 0.270 e. The molecule has 1 aliphatic heterocycles. The van der Waals surface area contributed by atoms with E-state index < -0.39 is 11.2 Å². The molecule has 0 amide bonds. The highest BCUT2D eigenvalue weighted by molar-refractivity contribution is 5.62. The van der Waals surface area contributed by atoms with E-state index >= 15 is 0 Å². The Hall–Kier alpha value is -3.12. The largest absolute Gasteiger partial charge is 0.305 e. The van der Waals surface area contributed by atoms with Gasteiger partial charge in [-0.05, 0) is 0 Å². The van der Waals surface area contributed by atoms with Gasteiger partial charge in [-0.25, -0.2) is 0 Å². The van der Waals surface area contributed by atoms with Crippen LogP contribution in [0.5, 0.6) is 0 Å². The van der Waals surface area contributed by atoms with Gasteiger partial charge in [0.25, 0.3) is 11.2 Å². The Labute approximate surface area is 109 Å². The van der Waals surface area contributed by atoms with Gasteiger partial charge in [-0.15, -0.1) is 0 Å². The van der Waals surface area contributed by atoms with Crippen LogP contribution in [-0.4, -0.2) is 11.2 Å². The van der Waals surface area contributed by atoms with E-state index in [1.807, 2.05) is 0 Å². The van der Waals surface area contributed by atoms with Crippen LogP contribution < -0.4 is 0 Å². The summed E-state index contributed by atoms with van der Waals surface area (Å²) in [4.78, 5) is 0. The van der Waals surface area contributed by atoms with E-state index in [-0.39, 0.29) is 11.1 Å². The number of allylic oxidation sites excluding steroid dienone is 4. The van der Waals surface area contributed by atoms with Crippen molar-refractivity contribution in [1.29, 1.82) is 21.0 Å². The number of hydrogen-bond acceptors (Lipinski definition) is 5. The van der Waals surface area contributed by atoms with Crippen molar-refractivity contribution < 1.29 is 4.74 Å². The van der Waals surface area contributed by atoms with Crippen molar-refractivity contribution in [1.82, 2.24) is 0 Å². The summed E-state index contributed by atoms with van der Waals surface area (Å²) in [7, 11) is 0. The fourth-order valence-corrected chi connectivity index (χ4v) is 1.95. The fourth-order valence-electron chi connectivity index (χ4n) is 1.95. The van der Waals surface area contributed by atoms with Crippen LogP contribution in [0.4, 0.5) is 0 Å². The van der Waals surface area contributed by atoms with Gasteiger partial charge in [-0.1, -0.05) is 36.5 Å². The second kappa shape index (κ2) is 4.28. The van der Waals surface area contributed by atoms with Crippen LogP contribution in [-0.2, 0) is 4.74 Å². The van der Waals surface area contributed by atoms with Gasteiger partial charge in [0.15, 0.2) is 0 Å². The standard InChI is InChI=1S/C14H6N4O/c15-7-13(8-16)11-5-3-1-2-4-6-12(11)14(9-17,10-18)19-13/h1-6H. The predicted molar refractivity (Wildman–Crippen MR) is 63.4 cm³/mol. The molecule has 19 heavy (non-hydrogen) atoms. The van der Waals surface area contributed by atoms with Crippen molar-refractivity contribution in [2.45, 2.75) is 11.2 Å². The van der Waals surface area contributed by atoms with Crippen molar-refractivity contribution in [3.63, 3.8) is 0 Å². The molecule has 0 saturated carbocycles. The number of nitrogens with zero attached hydrogens (tertiary/aromatic N) is 4. The summed E-state index contributed by atoms with van der Waals surface area (Å²) >= 11 is 0. The highest BCUT2D eigenvalue weighted by Gasteiger charge is 2.56. The number of nitriles is 4. The number of ether oxygens (including phenoxy) is 1. The van der Waals surface area contributed by atoms with Crippen molar-refractivity contribution >= 4 is 0 Å². The molecule has 0 atom stereocenters. The minimum atomic E-state index is -1.94. The SMILES string of the molecule is N#CC1(C#N)OC(C#N)(C#N)C2=C1C=CC=CC=C2. The molecule has 0 aromatic carbocycles. The third kappa shape index (κ3) is 1.55. The Bertz CT molecular complexity index is 623. The summed E-state index contributed by atoms with van der Waals surface area (Å²) in [6.45, 7) is 0. The van der Waals surface area contributed by atoms with Crippen LogP contribution in [0.1, 0.15) is 0 Å². The van der Waals surface area contributed by atoms with E-state index in [2.05, 4.69) is 0 Å². The lowest BCUT2D eigenvalue weighted by molar-refractivity contribution is 0.0316. The molecule has 0 saturated heterocycles. The summed E-state index contributed by atoms with van der Waals surface area (Å²) in [5, 5.41) is 36.9. The lowest BCUT2D eigenvalue weighted by Gasteiger charge is -2.17. The van der Waals surface area contributed by atoms with Crippen LogP contribution in [0.3, 0.4) is 0 Å². The van der Waals surface area contributed by atoms with Gasteiger partial charge in [-0.2, -0.15) is 21.0 Å². The highest BCUT2D eigenvalue weighted by atomic mass is 16.5. The predicted octanol–water partition coefficient (Wildman–Crippen LogP) is 1.57. The van der Waals surface area contributed by atoms with E-state index in [0.29, 0.717) is 0 Å². The zero-order valence-corrected chi connectivity index (χ0v) is 9.66. The average molecular weight is 246 g/mol. The Morgan fingerprint density at radius 2 is 1.05 bits per heavy atom. The number of rotatable bonds is 0. The van der Waals surface area contributed by atoms with Crippen molar-refractivity contribution in [2.75, 3.05) is 0 Å². The third-order valence-electron chi connectivity index (χ3n) is 2.84. The smallest absolute Gasteiger partial charge is 0.270 e. The molecule has 1 heterocycles. The monoisotopic (exact) mass is 246 g/mol. The lowest BCUT2D eigenvalue weighted by Crippen LogP contribution is -2.35. The Morgan fingerprint density at radius 1 is 0.684 bits per heavy atom. The van der Waals surface area contributed by atoms with Gasteiger partial charge < -0.3 is 4.74 Å². The molecule has 0 fully saturated rings. The van der Waals surface area contributed by atoms with E-state index in [1.165, 1.54) is 12.2 Å². The molecule has 0 spiro atoms. The number of hydrogen-bond donors (Lipinski definition) is 0. The van der Waals surface area contributed by atoms with Gasteiger partial charge in [0.05, 0.1) is 0 Å². The molecule has 5 heteroatoms. The molecular weight excluding hydrogens is 240 g/mol. The van der Waals surface area contributed by atoms with Crippen LogP contribution >= 0.6 is 0 Å². The van der Waals surface area contributed by atoms with Gasteiger partial charge in [0, 0.05) is 11.1 Å². The first kappa shape index (κ1) is 12.3. The molecule has 5 nitrogen and oxygen atoms in total. The fraction of sp³-hybridized carbons (Fsp3) is 0.143. The van der Waals surface area contributed by atoms with Crippen LogP contribution in [0, 0.1) is 45.3 Å². The van der Waals surface area contributed by atoms with Gasteiger partial charge in [0.1, 0.15) is 24.3 Å². The Morgan fingerprint density at radius 3 is 1.37 bits per heavy atom. The first-order chi connectivity index (χ1) is 9.18. The molecule has 2 rings (SSSR count). The molecule has 2 aliphatic rings. The first-order valence-electron chi connectivity index (χ1n) is 5.30. The minimum absolute atomic E-state index is 0.223. The summed E-state index contributed by atoms with van der Waals surface area (Å²) < 4.78 is 5.24. The van der Waals surface area contributed by atoms with Crippen LogP contribution in [0.15, 0.2) is 47.6 Å². The summed E-state index contributed by atoms with van der Waals surface area (Å²) in [5.41, 5.74) is -3.43. The molecule has 0 aromatic heterocycles. The zero-order chi connectivity index (χ0) is 13.9.